The van der Waals surface area contributed by atoms with Crippen LogP contribution in [0.3, 0.4) is 0 Å². The van der Waals surface area contributed by atoms with Crippen LogP contribution in [-0.4, -0.2) is 52.2 Å². The van der Waals surface area contributed by atoms with E-state index in [0.29, 0.717) is 16.1 Å². The van der Waals surface area contributed by atoms with Gasteiger partial charge in [0.1, 0.15) is 17.7 Å². The zero-order valence-electron chi connectivity index (χ0n) is 19.5. The molecular weight excluding hydrogens is 521 g/mol. The summed E-state index contributed by atoms with van der Waals surface area (Å²) in [5.41, 5.74) is -0.00675. The molecule has 5 rings (SSSR count). The molecule has 0 aliphatic carbocycles. The first kappa shape index (κ1) is 24.9. The molecule has 3 aromatic heterocycles. The fraction of sp³-hybridized carbons (Fsp3) is 0.200. The van der Waals surface area contributed by atoms with E-state index < -0.39 is 23.8 Å². The Bertz CT molecular complexity index is 1540. The van der Waals surface area contributed by atoms with Crippen LogP contribution in [0.2, 0.25) is 5.02 Å². The highest BCUT2D eigenvalue weighted by Gasteiger charge is 2.40. The molecule has 1 fully saturated rings. The molecule has 1 aliphatic heterocycles. The van der Waals surface area contributed by atoms with E-state index in [1.807, 2.05) is 5.38 Å². The second kappa shape index (κ2) is 10.3. The number of urea groups is 1. The predicted octanol–water partition coefficient (Wildman–Crippen LogP) is 4.50. The van der Waals surface area contributed by atoms with Crippen molar-refractivity contribution in [3.05, 3.63) is 81.4 Å². The van der Waals surface area contributed by atoms with Gasteiger partial charge in [-0.2, -0.15) is 0 Å². The molecule has 3 amide bonds. The minimum absolute atomic E-state index is 0.0704. The Morgan fingerprint density at radius 3 is 2.76 bits per heavy atom. The Labute approximate surface area is 219 Å². The van der Waals surface area contributed by atoms with Crippen LogP contribution in [0.15, 0.2) is 65.0 Å². The number of hydrogen-bond donors (Lipinski definition) is 2. The van der Waals surface area contributed by atoms with Crippen molar-refractivity contribution in [3.8, 4) is 5.69 Å². The van der Waals surface area contributed by atoms with Gasteiger partial charge in [0.15, 0.2) is 0 Å². The fourth-order valence-electron chi connectivity index (χ4n) is 4.21. The van der Waals surface area contributed by atoms with E-state index in [1.165, 1.54) is 52.3 Å². The van der Waals surface area contributed by atoms with Crippen LogP contribution < -0.4 is 16.2 Å². The van der Waals surface area contributed by atoms with Gasteiger partial charge >= 0.3 is 6.03 Å². The lowest BCUT2D eigenvalue weighted by Crippen LogP contribution is -2.45. The second-order valence-corrected chi connectivity index (χ2v) is 9.78. The Morgan fingerprint density at radius 2 is 2.03 bits per heavy atom. The number of nitrogens with one attached hydrogen (secondary N) is 2. The van der Waals surface area contributed by atoms with Gasteiger partial charge in [0, 0.05) is 43.2 Å². The monoisotopic (exact) mass is 541 g/mol. The van der Waals surface area contributed by atoms with Gasteiger partial charge in [0.2, 0.25) is 5.91 Å². The van der Waals surface area contributed by atoms with E-state index >= 15 is 4.39 Å². The van der Waals surface area contributed by atoms with Gasteiger partial charge in [0.25, 0.3) is 5.56 Å². The van der Waals surface area contributed by atoms with Gasteiger partial charge < -0.3 is 15.0 Å². The van der Waals surface area contributed by atoms with Crippen LogP contribution in [0, 0.1) is 5.82 Å². The molecule has 0 spiro atoms. The third kappa shape index (κ3) is 5.06. The van der Waals surface area contributed by atoms with Crippen LogP contribution in [0.5, 0.6) is 0 Å². The van der Waals surface area contributed by atoms with Gasteiger partial charge in [-0.25, -0.2) is 14.2 Å². The number of nitrogens with zero attached hydrogens (tertiary/aromatic N) is 3. The van der Waals surface area contributed by atoms with Crippen molar-refractivity contribution in [1.82, 2.24) is 14.5 Å². The molecule has 12 heteroatoms. The van der Waals surface area contributed by atoms with Crippen molar-refractivity contribution < 1.29 is 18.7 Å². The normalized spacial score (nSPS) is 17.2. The van der Waals surface area contributed by atoms with Crippen molar-refractivity contribution in [3.63, 3.8) is 0 Å². The van der Waals surface area contributed by atoms with E-state index in [0.717, 1.165) is 4.70 Å². The molecule has 9 nitrogen and oxygen atoms in total. The maximum absolute atomic E-state index is 15.0. The highest BCUT2D eigenvalue weighted by molar-refractivity contribution is 7.17. The average Bonchev–Trinajstić information content (AvgIpc) is 3.55. The van der Waals surface area contributed by atoms with E-state index in [9.17, 15) is 14.4 Å². The van der Waals surface area contributed by atoms with Crippen LogP contribution >= 0.6 is 22.9 Å². The predicted molar refractivity (Wildman–Crippen MR) is 140 cm³/mol. The molecule has 2 atom stereocenters. The average molecular weight is 542 g/mol. The number of hydrogen-bond acceptors (Lipinski definition) is 6. The minimum Gasteiger partial charge on any atom is -0.380 e. The zero-order valence-corrected chi connectivity index (χ0v) is 21.1. The first-order valence-corrected chi connectivity index (χ1v) is 12.5. The number of methoxy groups -OCH3 is 1. The van der Waals surface area contributed by atoms with E-state index in [1.54, 1.807) is 30.5 Å². The van der Waals surface area contributed by atoms with E-state index in [-0.39, 0.29) is 36.1 Å². The third-order valence-electron chi connectivity index (χ3n) is 6.13. The number of anilines is 2. The lowest BCUT2D eigenvalue weighted by atomic mass is 10.1. The smallest absolute Gasteiger partial charge is 0.323 e. The lowest BCUT2D eigenvalue weighted by molar-refractivity contribution is -0.119. The van der Waals surface area contributed by atoms with Gasteiger partial charge in [-0.15, -0.1) is 11.3 Å². The number of benzene rings is 1. The summed E-state index contributed by atoms with van der Waals surface area (Å²) in [6.45, 7) is 0.170. The number of carbonyl (C=O) groups excluding carboxylic acids is 2. The highest BCUT2D eigenvalue weighted by atomic mass is 35.5. The van der Waals surface area contributed by atoms with Gasteiger partial charge in [0.05, 0.1) is 27.9 Å². The number of rotatable bonds is 5. The topological polar surface area (TPSA) is 106 Å². The largest absolute Gasteiger partial charge is 0.380 e. The highest BCUT2D eigenvalue weighted by Crippen LogP contribution is 2.25. The number of halogens is 2. The number of fused-ring (bicyclic) bond motifs is 1. The fourth-order valence-corrected chi connectivity index (χ4v) is 5.10. The molecule has 190 valence electrons. The van der Waals surface area contributed by atoms with Gasteiger partial charge in [-0.3, -0.25) is 19.5 Å². The maximum Gasteiger partial charge on any atom is 0.323 e. The van der Waals surface area contributed by atoms with Crippen molar-refractivity contribution in [1.29, 1.82) is 0 Å². The van der Waals surface area contributed by atoms with E-state index in [4.69, 9.17) is 16.3 Å². The third-order valence-corrected chi connectivity index (χ3v) is 7.24. The zero-order chi connectivity index (χ0) is 26.1. The van der Waals surface area contributed by atoms with Gasteiger partial charge in [-0.05, 0) is 41.8 Å². The van der Waals surface area contributed by atoms with Crippen LogP contribution in [0.4, 0.5) is 20.7 Å². The quantitative estimate of drug-likeness (QED) is 0.387. The van der Waals surface area contributed by atoms with Crippen LogP contribution in [0.25, 0.3) is 15.8 Å². The number of pyridine rings is 2. The molecule has 37 heavy (non-hydrogen) atoms. The molecule has 4 heterocycles. The summed E-state index contributed by atoms with van der Waals surface area (Å²) in [5, 5.41) is 7.98. The summed E-state index contributed by atoms with van der Waals surface area (Å²) in [7, 11) is 1.50. The lowest BCUT2D eigenvalue weighted by Gasteiger charge is -2.24. The van der Waals surface area contributed by atoms with Crippen LogP contribution in [0.1, 0.15) is 6.42 Å². The summed E-state index contributed by atoms with van der Waals surface area (Å²) in [5.74, 6) is -1.01. The molecular formula is C25H21ClFN5O4S. The standard InChI is InChI=1S/C25H21ClFN5O4S/c1-36-16-11-20(32(13-16)25(35)30-22-5-2-14(26)12-28-22)23(33)29-19-4-3-15(10-18(19)27)31-8-6-21-17(24(31)34)7-9-37-21/h2-10,12,16,20H,11,13H2,1H3,(H,29,33)(H,28,30,35)/t16-,20-/m1/s1. The molecule has 1 saturated heterocycles. The molecule has 0 unspecified atom stereocenters. The molecule has 0 bridgehead atoms. The Morgan fingerprint density at radius 1 is 1.19 bits per heavy atom. The molecule has 1 aliphatic rings. The molecule has 1 aromatic carbocycles. The number of amides is 3. The summed E-state index contributed by atoms with van der Waals surface area (Å²) in [4.78, 5) is 44.1. The first-order valence-electron chi connectivity index (χ1n) is 11.3. The number of likely N-dealkylation sites (tertiary alicyclic amines) is 1. The minimum atomic E-state index is -0.903. The number of thiophene rings is 1. The summed E-state index contributed by atoms with van der Waals surface area (Å²) in [6.07, 6.45) is 2.84. The van der Waals surface area contributed by atoms with Crippen molar-refractivity contribution in [2.75, 3.05) is 24.3 Å². The summed E-state index contributed by atoms with van der Waals surface area (Å²) >= 11 is 7.29. The molecule has 0 saturated carbocycles. The maximum atomic E-state index is 15.0. The molecule has 2 N–H and O–H groups in total. The number of ether oxygens (including phenoxy) is 1. The molecule has 0 radical (unpaired) electrons. The van der Waals surface area contributed by atoms with Crippen molar-refractivity contribution in [2.45, 2.75) is 18.6 Å². The van der Waals surface area contributed by atoms with Crippen LogP contribution in [-0.2, 0) is 9.53 Å². The molecule has 4 aromatic rings. The first-order chi connectivity index (χ1) is 17.8. The van der Waals surface area contributed by atoms with Crippen molar-refractivity contribution in [2.24, 2.45) is 0 Å². The SMILES string of the molecule is CO[C@@H]1C[C@H](C(=O)Nc2ccc(-n3ccc4sccc4c3=O)cc2F)N(C(=O)Nc2ccc(Cl)cn2)C1. The van der Waals surface area contributed by atoms with E-state index in [2.05, 4.69) is 15.6 Å². The summed E-state index contributed by atoms with van der Waals surface area (Å²) in [6, 6.07) is 9.29. The Balaban J connectivity index is 1.33. The van der Waals surface area contributed by atoms with Gasteiger partial charge in [-0.1, -0.05) is 11.6 Å². The Kier molecular flexibility index (Phi) is 6.92. The summed E-state index contributed by atoms with van der Waals surface area (Å²) < 4.78 is 22.6. The van der Waals surface area contributed by atoms with Crippen molar-refractivity contribution >= 4 is 56.5 Å². The second-order valence-electron chi connectivity index (χ2n) is 8.40. The number of aromatic nitrogens is 2. The Hall–Kier alpha value is -3.80. The number of carbonyl (C=O) groups is 2.